The molecule has 0 aromatic carbocycles. The Balaban J connectivity index is 2.30. The van der Waals surface area contributed by atoms with Crippen LogP contribution in [0.1, 0.15) is 18.5 Å². The Labute approximate surface area is 96.6 Å². The quantitative estimate of drug-likeness (QED) is 0.885. The van der Waals surface area contributed by atoms with E-state index in [0.717, 1.165) is 10.6 Å². The Morgan fingerprint density at radius 3 is 2.75 bits per heavy atom. The topological polar surface area (TPSA) is 63.1 Å². The molecule has 1 unspecified atom stereocenters. The summed E-state index contributed by atoms with van der Waals surface area (Å²) < 4.78 is 0. The lowest BCUT2D eigenvalue weighted by molar-refractivity contribution is -0.138. The van der Waals surface area contributed by atoms with Crippen molar-refractivity contribution in [2.75, 3.05) is 0 Å². The van der Waals surface area contributed by atoms with Gasteiger partial charge < -0.3 is 5.11 Å². The number of carbonyl (C=O) groups is 1. The molecule has 1 N–H and O–H groups in total. The Morgan fingerprint density at radius 1 is 1.44 bits per heavy atom. The van der Waals surface area contributed by atoms with Crippen LogP contribution in [0.15, 0.2) is 29.9 Å². The van der Waals surface area contributed by atoms with Crippen molar-refractivity contribution in [3.05, 3.63) is 35.6 Å². The largest absolute Gasteiger partial charge is 0.481 e. The summed E-state index contributed by atoms with van der Waals surface area (Å²) in [7, 11) is 0. The third-order valence-corrected chi connectivity index (χ3v) is 3.17. The fourth-order valence-corrected chi connectivity index (χ4v) is 2.16. The van der Waals surface area contributed by atoms with E-state index in [1.807, 2.05) is 12.1 Å². The first-order valence-electron chi connectivity index (χ1n) is 4.77. The number of aromatic nitrogens is 2. The smallest absolute Gasteiger partial charge is 0.312 e. The van der Waals surface area contributed by atoms with E-state index >= 15 is 0 Å². The first kappa shape index (κ1) is 10.8. The van der Waals surface area contributed by atoms with E-state index in [-0.39, 0.29) is 0 Å². The zero-order chi connectivity index (χ0) is 11.5. The second kappa shape index (κ2) is 4.40. The summed E-state index contributed by atoms with van der Waals surface area (Å²) in [5.41, 5.74) is 1.56. The molecule has 1 atom stereocenters. The summed E-state index contributed by atoms with van der Waals surface area (Å²) in [6.07, 6.45) is 3.38. The highest BCUT2D eigenvalue weighted by Crippen LogP contribution is 2.26. The van der Waals surface area contributed by atoms with E-state index in [1.54, 1.807) is 24.7 Å². The number of carboxylic acid groups (broad SMARTS) is 1. The molecule has 2 rings (SSSR count). The van der Waals surface area contributed by atoms with E-state index in [1.165, 1.54) is 11.3 Å². The molecule has 5 heteroatoms. The van der Waals surface area contributed by atoms with Crippen LogP contribution in [0.5, 0.6) is 0 Å². The van der Waals surface area contributed by atoms with Gasteiger partial charge in [0.1, 0.15) is 5.01 Å². The monoisotopic (exact) mass is 234 g/mol. The number of rotatable bonds is 3. The van der Waals surface area contributed by atoms with Gasteiger partial charge in [0.2, 0.25) is 0 Å². The maximum absolute atomic E-state index is 10.8. The van der Waals surface area contributed by atoms with Crippen molar-refractivity contribution in [3.63, 3.8) is 0 Å². The van der Waals surface area contributed by atoms with Crippen LogP contribution >= 0.6 is 11.3 Å². The van der Waals surface area contributed by atoms with Gasteiger partial charge in [-0.05, 0) is 19.1 Å². The van der Waals surface area contributed by atoms with Crippen molar-refractivity contribution >= 4 is 17.3 Å². The molecule has 0 spiro atoms. The van der Waals surface area contributed by atoms with E-state index in [9.17, 15) is 4.79 Å². The molecule has 0 radical (unpaired) electrons. The molecule has 0 bridgehead atoms. The number of hydrogen-bond donors (Lipinski definition) is 1. The van der Waals surface area contributed by atoms with Crippen molar-refractivity contribution < 1.29 is 9.90 Å². The van der Waals surface area contributed by atoms with Crippen LogP contribution in [0.2, 0.25) is 0 Å². The van der Waals surface area contributed by atoms with Gasteiger partial charge in [0.15, 0.2) is 0 Å². The Hall–Kier alpha value is -1.75. The summed E-state index contributed by atoms with van der Waals surface area (Å²) in [5.74, 6) is -1.42. The van der Waals surface area contributed by atoms with Crippen LogP contribution in [-0.2, 0) is 4.79 Å². The third kappa shape index (κ3) is 2.09. The number of nitrogens with zero attached hydrogens (tertiary/aromatic N) is 2. The molecule has 0 aliphatic carbocycles. The van der Waals surface area contributed by atoms with Gasteiger partial charge in [0.05, 0.1) is 11.6 Å². The second-order valence-electron chi connectivity index (χ2n) is 3.37. The number of pyridine rings is 1. The predicted octanol–water partition coefficient (Wildman–Crippen LogP) is 2.39. The van der Waals surface area contributed by atoms with Crippen molar-refractivity contribution in [1.82, 2.24) is 9.97 Å². The third-order valence-electron chi connectivity index (χ3n) is 2.26. The number of thiazole rings is 1. The highest BCUT2D eigenvalue weighted by Gasteiger charge is 2.17. The fourth-order valence-electron chi connectivity index (χ4n) is 1.24. The fraction of sp³-hybridized carbons (Fsp3) is 0.182. The van der Waals surface area contributed by atoms with Crippen molar-refractivity contribution in [3.8, 4) is 10.6 Å². The average molecular weight is 234 g/mol. The van der Waals surface area contributed by atoms with Gasteiger partial charge in [-0.3, -0.25) is 9.78 Å². The van der Waals surface area contributed by atoms with Crippen molar-refractivity contribution in [2.45, 2.75) is 12.8 Å². The van der Waals surface area contributed by atoms with E-state index in [2.05, 4.69) is 9.97 Å². The molecular weight excluding hydrogens is 224 g/mol. The molecule has 0 saturated heterocycles. The molecule has 0 saturated carbocycles. The van der Waals surface area contributed by atoms with Crippen LogP contribution in [0.4, 0.5) is 0 Å². The van der Waals surface area contributed by atoms with Crippen LogP contribution in [0, 0.1) is 0 Å². The molecular formula is C11H10N2O2S. The highest BCUT2D eigenvalue weighted by atomic mass is 32.1. The predicted molar refractivity (Wildman–Crippen MR) is 61.4 cm³/mol. The van der Waals surface area contributed by atoms with Gasteiger partial charge in [-0.25, -0.2) is 4.98 Å². The van der Waals surface area contributed by atoms with Crippen molar-refractivity contribution in [1.29, 1.82) is 0 Å². The molecule has 0 fully saturated rings. The van der Waals surface area contributed by atoms with Crippen LogP contribution in [-0.4, -0.2) is 21.0 Å². The first-order chi connectivity index (χ1) is 7.68. The summed E-state index contributed by atoms with van der Waals surface area (Å²) in [5, 5.41) is 11.5. The minimum atomic E-state index is -0.855. The molecule has 2 heterocycles. The summed E-state index contributed by atoms with van der Waals surface area (Å²) in [6, 6.07) is 3.71. The minimum absolute atomic E-state index is 0.563. The van der Waals surface area contributed by atoms with Gasteiger partial charge in [-0.2, -0.15) is 0 Å². The van der Waals surface area contributed by atoms with Gasteiger partial charge in [0.25, 0.3) is 0 Å². The molecule has 0 aliphatic heterocycles. The van der Waals surface area contributed by atoms with Crippen molar-refractivity contribution in [2.24, 2.45) is 0 Å². The lowest BCUT2D eigenvalue weighted by Crippen LogP contribution is -2.07. The van der Waals surface area contributed by atoms with Crippen LogP contribution in [0.3, 0.4) is 0 Å². The Kier molecular flexibility index (Phi) is 2.96. The van der Waals surface area contributed by atoms with Gasteiger partial charge in [0, 0.05) is 23.3 Å². The SMILES string of the molecule is CC(C(=O)O)c1csc(-c2ccncc2)n1. The molecule has 0 amide bonds. The molecule has 4 nitrogen and oxygen atoms in total. The van der Waals surface area contributed by atoms with E-state index < -0.39 is 11.9 Å². The lowest BCUT2D eigenvalue weighted by Gasteiger charge is -2.00. The highest BCUT2D eigenvalue weighted by molar-refractivity contribution is 7.13. The molecule has 0 aliphatic rings. The standard InChI is InChI=1S/C11H10N2O2S/c1-7(11(14)15)9-6-16-10(13-9)8-2-4-12-5-3-8/h2-7H,1H3,(H,14,15). The first-order valence-corrected chi connectivity index (χ1v) is 5.65. The minimum Gasteiger partial charge on any atom is -0.481 e. The van der Waals surface area contributed by atoms with E-state index in [0.29, 0.717) is 5.69 Å². The maximum Gasteiger partial charge on any atom is 0.312 e. The normalized spacial score (nSPS) is 12.3. The van der Waals surface area contributed by atoms with Gasteiger partial charge >= 0.3 is 5.97 Å². The molecule has 82 valence electrons. The van der Waals surface area contributed by atoms with Gasteiger partial charge in [-0.1, -0.05) is 0 Å². The summed E-state index contributed by atoms with van der Waals surface area (Å²) >= 11 is 1.45. The summed E-state index contributed by atoms with van der Waals surface area (Å²) in [6.45, 7) is 1.63. The Morgan fingerprint density at radius 2 is 2.12 bits per heavy atom. The zero-order valence-corrected chi connectivity index (χ0v) is 9.44. The number of aliphatic carboxylic acids is 1. The molecule has 2 aromatic rings. The zero-order valence-electron chi connectivity index (χ0n) is 8.62. The summed E-state index contributed by atoms with van der Waals surface area (Å²) in [4.78, 5) is 19.0. The number of hydrogen-bond acceptors (Lipinski definition) is 4. The lowest BCUT2D eigenvalue weighted by atomic mass is 10.1. The Bertz CT molecular complexity index is 496. The average Bonchev–Trinajstić information content (AvgIpc) is 2.78. The van der Waals surface area contributed by atoms with E-state index in [4.69, 9.17) is 5.11 Å². The van der Waals surface area contributed by atoms with Crippen LogP contribution < -0.4 is 0 Å². The van der Waals surface area contributed by atoms with Crippen LogP contribution in [0.25, 0.3) is 10.6 Å². The maximum atomic E-state index is 10.8. The second-order valence-corrected chi connectivity index (χ2v) is 4.23. The van der Waals surface area contributed by atoms with Gasteiger partial charge in [-0.15, -0.1) is 11.3 Å². The molecule has 2 aromatic heterocycles. The number of carboxylic acids is 1. The molecule has 16 heavy (non-hydrogen) atoms.